The normalized spacial score (nSPS) is 26.2. The molecule has 0 bridgehead atoms. The van der Waals surface area contributed by atoms with Gasteiger partial charge in [-0.1, -0.05) is 24.6 Å². The zero-order chi connectivity index (χ0) is 11.7. The van der Waals surface area contributed by atoms with Gasteiger partial charge in [0.05, 0.1) is 5.02 Å². The predicted octanol–water partition coefficient (Wildman–Crippen LogP) is 2.88. The fraction of sp³-hybridized carbons (Fsp3) is 0.500. The first-order valence-electron chi connectivity index (χ1n) is 5.48. The Kier molecular flexibility index (Phi) is 3.90. The summed E-state index contributed by atoms with van der Waals surface area (Å²) in [6, 6.07) is 6.40. The third-order valence-corrected chi connectivity index (χ3v) is 4.35. The molecule has 1 aliphatic heterocycles. The summed E-state index contributed by atoms with van der Waals surface area (Å²) in [5.41, 5.74) is 7.28. The molecule has 0 aromatic heterocycles. The quantitative estimate of drug-likeness (QED) is 0.910. The summed E-state index contributed by atoms with van der Waals surface area (Å²) >= 11 is 9.41. The molecule has 0 saturated carbocycles. The number of halogens is 2. The van der Waals surface area contributed by atoms with Gasteiger partial charge in [0.15, 0.2) is 0 Å². The Morgan fingerprint density at radius 1 is 1.50 bits per heavy atom. The van der Waals surface area contributed by atoms with Gasteiger partial charge in [-0.3, -0.25) is 4.90 Å². The molecular formula is C12H16BrClN2. The van der Waals surface area contributed by atoms with Gasteiger partial charge in [-0.2, -0.15) is 0 Å². The van der Waals surface area contributed by atoms with E-state index in [1.54, 1.807) is 0 Å². The highest BCUT2D eigenvalue weighted by Gasteiger charge is 2.26. The van der Waals surface area contributed by atoms with Crippen molar-refractivity contribution in [3.8, 4) is 0 Å². The lowest BCUT2D eigenvalue weighted by molar-refractivity contribution is 0.319. The molecule has 1 heterocycles. The number of nitrogens with two attached hydrogens (primary N) is 1. The van der Waals surface area contributed by atoms with E-state index in [9.17, 15) is 0 Å². The maximum absolute atomic E-state index is 6.00. The number of hydrogen-bond donors (Lipinski definition) is 1. The Labute approximate surface area is 110 Å². The Hall–Kier alpha value is -0.0900. The molecule has 2 rings (SSSR count). The second-order valence-electron chi connectivity index (χ2n) is 4.58. The van der Waals surface area contributed by atoms with Crippen molar-refractivity contribution in [1.29, 1.82) is 0 Å². The summed E-state index contributed by atoms with van der Waals surface area (Å²) in [4.78, 5) is 2.39. The third kappa shape index (κ3) is 2.77. The Morgan fingerprint density at radius 2 is 2.25 bits per heavy atom. The smallest absolute Gasteiger partial charge is 0.0548 e. The maximum atomic E-state index is 6.00. The van der Waals surface area contributed by atoms with Gasteiger partial charge in [-0.15, -0.1) is 0 Å². The zero-order valence-corrected chi connectivity index (χ0v) is 11.6. The van der Waals surface area contributed by atoms with Gasteiger partial charge in [0.2, 0.25) is 0 Å². The van der Waals surface area contributed by atoms with Gasteiger partial charge in [0.1, 0.15) is 0 Å². The summed E-state index contributed by atoms with van der Waals surface area (Å²) in [7, 11) is 0. The van der Waals surface area contributed by atoms with Gasteiger partial charge >= 0.3 is 0 Å². The molecule has 1 aromatic rings. The molecule has 1 aliphatic rings. The Balaban J connectivity index is 2.02. The molecule has 16 heavy (non-hydrogen) atoms. The van der Waals surface area contributed by atoms with Crippen molar-refractivity contribution in [1.82, 2.24) is 4.90 Å². The van der Waals surface area contributed by atoms with Crippen LogP contribution in [0.4, 0.5) is 0 Å². The van der Waals surface area contributed by atoms with Crippen LogP contribution < -0.4 is 5.73 Å². The fourth-order valence-corrected chi connectivity index (χ4v) is 2.66. The number of benzene rings is 1. The fourth-order valence-electron chi connectivity index (χ4n) is 2.12. The number of nitrogens with zero attached hydrogens (tertiary/aromatic N) is 1. The van der Waals surface area contributed by atoms with E-state index in [4.69, 9.17) is 17.3 Å². The first-order valence-corrected chi connectivity index (χ1v) is 6.65. The highest BCUT2D eigenvalue weighted by Crippen LogP contribution is 2.25. The van der Waals surface area contributed by atoms with E-state index in [0.717, 1.165) is 29.1 Å². The van der Waals surface area contributed by atoms with Crippen molar-refractivity contribution in [2.75, 3.05) is 13.1 Å². The molecule has 1 saturated heterocycles. The van der Waals surface area contributed by atoms with Crippen LogP contribution in [0.3, 0.4) is 0 Å². The van der Waals surface area contributed by atoms with Crippen LogP contribution in [0, 0.1) is 5.92 Å². The highest BCUT2D eigenvalue weighted by molar-refractivity contribution is 9.10. The minimum absolute atomic E-state index is 0.316. The largest absolute Gasteiger partial charge is 0.326 e. The van der Waals surface area contributed by atoms with Crippen molar-refractivity contribution >= 4 is 27.5 Å². The molecule has 0 amide bonds. The van der Waals surface area contributed by atoms with Crippen molar-refractivity contribution in [3.63, 3.8) is 0 Å². The van der Waals surface area contributed by atoms with E-state index in [0.29, 0.717) is 12.0 Å². The van der Waals surface area contributed by atoms with Crippen LogP contribution in [-0.2, 0) is 6.54 Å². The molecule has 0 radical (unpaired) electrons. The molecule has 2 atom stereocenters. The molecule has 1 aromatic carbocycles. The van der Waals surface area contributed by atoms with E-state index in [2.05, 4.69) is 39.9 Å². The second kappa shape index (κ2) is 5.05. The van der Waals surface area contributed by atoms with Crippen molar-refractivity contribution in [2.24, 2.45) is 11.7 Å². The van der Waals surface area contributed by atoms with Crippen molar-refractivity contribution in [3.05, 3.63) is 33.3 Å². The van der Waals surface area contributed by atoms with Gasteiger partial charge in [0.25, 0.3) is 0 Å². The SMILES string of the molecule is CC1CN(Cc2ccc(Cl)c(Br)c2)CC1N. The topological polar surface area (TPSA) is 29.3 Å². The zero-order valence-electron chi connectivity index (χ0n) is 9.29. The summed E-state index contributed by atoms with van der Waals surface area (Å²) in [5, 5.41) is 0.759. The van der Waals surface area contributed by atoms with Crippen LogP contribution in [0.25, 0.3) is 0 Å². The second-order valence-corrected chi connectivity index (χ2v) is 5.85. The third-order valence-electron chi connectivity index (χ3n) is 3.14. The summed E-state index contributed by atoms with van der Waals surface area (Å²) in [5.74, 6) is 0.593. The molecule has 88 valence electrons. The minimum atomic E-state index is 0.316. The predicted molar refractivity (Wildman–Crippen MR) is 71.6 cm³/mol. The Morgan fingerprint density at radius 3 is 2.81 bits per heavy atom. The van der Waals surface area contributed by atoms with Crippen LogP contribution in [0.5, 0.6) is 0 Å². The highest BCUT2D eigenvalue weighted by atomic mass is 79.9. The first kappa shape index (κ1) is 12.4. The molecule has 2 unspecified atom stereocenters. The van der Waals surface area contributed by atoms with Crippen LogP contribution >= 0.6 is 27.5 Å². The molecule has 0 aliphatic carbocycles. The van der Waals surface area contributed by atoms with Gasteiger partial charge in [-0.25, -0.2) is 0 Å². The lowest BCUT2D eigenvalue weighted by atomic mass is 10.1. The van der Waals surface area contributed by atoms with E-state index in [-0.39, 0.29) is 0 Å². The average molecular weight is 304 g/mol. The van der Waals surface area contributed by atoms with Crippen LogP contribution in [-0.4, -0.2) is 24.0 Å². The summed E-state index contributed by atoms with van der Waals surface area (Å²) in [6.45, 7) is 5.24. The van der Waals surface area contributed by atoms with Gasteiger partial charge < -0.3 is 5.73 Å². The standard InChI is InChI=1S/C12H16BrClN2/c1-8-5-16(7-12(8)15)6-9-2-3-11(14)10(13)4-9/h2-4,8,12H,5-7,15H2,1H3. The summed E-state index contributed by atoms with van der Waals surface area (Å²) < 4.78 is 0.961. The van der Waals surface area contributed by atoms with Crippen LogP contribution in [0.15, 0.2) is 22.7 Å². The minimum Gasteiger partial charge on any atom is -0.326 e. The van der Waals surface area contributed by atoms with Gasteiger partial charge in [-0.05, 0) is 39.5 Å². The summed E-state index contributed by atoms with van der Waals surface area (Å²) in [6.07, 6.45) is 0. The maximum Gasteiger partial charge on any atom is 0.0548 e. The first-order chi connectivity index (χ1) is 7.56. The molecule has 1 fully saturated rings. The van der Waals surface area contributed by atoms with Crippen LogP contribution in [0.1, 0.15) is 12.5 Å². The van der Waals surface area contributed by atoms with Crippen molar-refractivity contribution in [2.45, 2.75) is 19.5 Å². The Bertz CT molecular complexity index is 373. The molecular weight excluding hydrogens is 288 g/mol. The number of hydrogen-bond acceptors (Lipinski definition) is 2. The molecule has 0 spiro atoms. The number of likely N-dealkylation sites (tertiary alicyclic amines) is 1. The molecule has 4 heteroatoms. The average Bonchev–Trinajstić information content (AvgIpc) is 2.52. The monoisotopic (exact) mass is 302 g/mol. The van der Waals surface area contributed by atoms with E-state index >= 15 is 0 Å². The number of rotatable bonds is 2. The van der Waals surface area contributed by atoms with Crippen molar-refractivity contribution < 1.29 is 0 Å². The van der Waals surface area contributed by atoms with Gasteiger partial charge in [0, 0.05) is 30.1 Å². The van der Waals surface area contributed by atoms with E-state index < -0.39 is 0 Å². The molecule has 2 nitrogen and oxygen atoms in total. The van der Waals surface area contributed by atoms with Crippen LogP contribution in [0.2, 0.25) is 5.02 Å². The lowest BCUT2D eigenvalue weighted by Gasteiger charge is -2.15. The van der Waals surface area contributed by atoms with E-state index in [1.165, 1.54) is 5.56 Å². The lowest BCUT2D eigenvalue weighted by Crippen LogP contribution is -2.28. The van der Waals surface area contributed by atoms with E-state index in [1.807, 2.05) is 6.07 Å². The molecule has 2 N–H and O–H groups in total.